The van der Waals surface area contributed by atoms with Crippen molar-refractivity contribution in [2.45, 2.75) is 18.5 Å². The second-order valence-electron chi connectivity index (χ2n) is 6.21. The Bertz CT molecular complexity index is 1000. The lowest BCUT2D eigenvalue weighted by Crippen LogP contribution is -2.15. The summed E-state index contributed by atoms with van der Waals surface area (Å²) < 4.78 is 1.88. The molecule has 0 radical (unpaired) electrons. The minimum atomic E-state index is -0.463. The third kappa shape index (κ3) is 4.74. The van der Waals surface area contributed by atoms with Crippen LogP contribution in [0.15, 0.2) is 53.7 Å². The third-order valence-electron chi connectivity index (χ3n) is 4.16. The first-order valence-electron chi connectivity index (χ1n) is 8.54. The first kappa shape index (κ1) is 19.6. The lowest BCUT2D eigenvalue weighted by atomic mass is 10.1. The smallest absolute Gasteiger partial charge is 0.269 e. The highest BCUT2D eigenvalue weighted by Crippen LogP contribution is 2.22. The summed E-state index contributed by atoms with van der Waals surface area (Å²) in [7, 11) is 1.87. The molecular formula is C19H19N5O3S. The van der Waals surface area contributed by atoms with Gasteiger partial charge in [0.2, 0.25) is 5.91 Å². The van der Waals surface area contributed by atoms with Gasteiger partial charge in [-0.2, -0.15) is 0 Å². The fourth-order valence-electron chi connectivity index (χ4n) is 2.62. The predicted octanol–water partition coefficient (Wildman–Crippen LogP) is 3.35. The SMILES string of the molecule is Cc1cc([N+](=O)[O-])ccc1NC(=O)CSc1nnc(Cc2ccccc2)n1C. The molecule has 9 heteroatoms. The van der Waals surface area contributed by atoms with E-state index < -0.39 is 4.92 Å². The molecule has 3 aromatic rings. The molecule has 0 aliphatic rings. The van der Waals surface area contributed by atoms with Gasteiger partial charge in [0.1, 0.15) is 5.82 Å². The third-order valence-corrected chi connectivity index (χ3v) is 5.18. The molecule has 0 atom stereocenters. The van der Waals surface area contributed by atoms with Crippen LogP contribution in [0.5, 0.6) is 0 Å². The van der Waals surface area contributed by atoms with Gasteiger partial charge in [0.05, 0.1) is 10.7 Å². The van der Waals surface area contributed by atoms with Crippen molar-refractivity contribution in [3.05, 3.63) is 75.6 Å². The molecule has 1 N–H and O–H groups in total. The Morgan fingerprint density at radius 3 is 2.64 bits per heavy atom. The lowest BCUT2D eigenvalue weighted by Gasteiger charge is -2.08. The summed E-state index contributed by atoms with van der Waals surface area (Å²) in [5.41, 5.74) is 2.33. The second kappa shape index (κ2) is 8.66. The number of non-ortho nitro benzene ring substituents is 1. The normalized spacial score (nSPS) is 10.6. The summed E-state index contributed by atoms with van der Waals surface area (Å²) in [6, 6.07) is 14.3. The van der Waals surface area contributed by atoms with Gasteiger partial charge in [-0.05, 0) is 24.1 Å². The van der Waals surface area contributed by atoms with E-state index in [2.05, 4.69) is 15.5 Å². The van der Waals surface area contributed by atoms with Crippen LogP contribution in [0.1, 0.15) is 17.0 Å². The Morgan fingerprint density at radius 1 is 1.21 bits per heavy atom. The minimum absolute atomic E-state index is 0.00472. The van der Waals surface area contributed by atoms with Crippen molar-refractivity contribution >= 4 is 29.0 Å². The molecular weight excluding hydrogens is 378 g/mol. The highest BCUT2D eigenvalue weighted by atomic mass is 32.2. The standard InChI is InChI=1S/C19H19N5O3S/c1-13-10-15(24(26)27)8-9-16(13)20-18(25)12-28-19-22-21-17(23(19)2)11-14-6-4-3-5-7-14/h3-10H,11-12H2,1-2H3,(H,20,25). The number of hydrogen-bond acceptors (Lipinski definition) is 6. The summed E-state index contributed by atoms with van der Waals surface area (Å²) in [6.45, 7) is 1.72. The van der Waals surface area contributed by atoms with Gasteiger partial charge in [-0.25, -0.2) is 0 Å². The summed E-state index contributed by atoms with van der Waals surface area (Å²) >= 11 is 1.29. The number of anilines is 1. The van der Waals surface area contributed by atoms with Gasteiger partial charge in [-0.1, -0.05) is 42.1 Å². The number of nitro benzene ring substituents is 1. The fourth-order valence-corrected chi connectivity index (χ4v) is 3.35. The number of benzene rings is 2. The highest BCUT2D eigenvalue weighted by Gasteiger charge is 2.14. The van der Waals surface area contributed by atoms with Crippen molar-refractivity contribution in [3.63, 3.8) is 0 Å². The number of amides is 1. The van der Waals surface area contributed by atoms with Crippen LogP contribution >= 0.6 is 11.8 Å². The molecule has 0 fully saturated rings. The molecule has 28 heavy (non-hydrogen) atoms. The number of rotatable bonds is 7. The Morgan fingerprint density at radius 2 is 1.96 bits per heavy atom. The molecule has 2 aromatic carbocycles. The number of carbonyl (C=O) groups is 1. The average Bonchev–Trinajstić information content (AvgIpc) is 3.02. The van der Waals surface area contributed by atoms with Crippen molar-refractivity contribution in [3.8, 4) is 0 Å². The minimum Gasteiger partial charge on any atom is -0.325 e. The Hall–Kier alpha value is -3.20. The van der Waals surface area contributed by atoms with Crippen LogP contribution in [0.3, 0.4) is 0 Å². The van der Waals surface area contributed by atoms with E-state index in [-0.39, 0.29) is 17.3 Å². The predicted molar refractivity (Wildman–Crippen MR) is 107 cm³/mol. The van der Waals surface area contributed by atoms with E-state index >= 15 is 0 Å². The zero-order valence-electron chi connectivity index (χ0n) is 15.5. The quantitative estimate of drug-likeness (QED) is 0.373. The van der Waals surface area contributed by atoms with Crippen LogP contribution in [0, 0.1) is 17.0 Å². The van der Waals surface area contributed by atoms with Crippen molar-refractivity contribution in [2.24, 2.45) is 7.05 Å². The van der Waals surface area contributed by atoms with E-state index in [0.29, 0.717) is 22.8 Å². The van der Waals surface area contributed by atoms with Crippen molar-refractivity contribution < 1.29 is 9.72 Å². The maximum absolute atomic E-state index is 12.2. The lowest BCUT2D eigenvalue weighted by molar-refractivity contribution is -0.384. The van der Waals surface area contributed by atoms with Gasteiger partial charge in [0, 0.05) is 31.3 Å². The van der Waals surface area contributed by atoms with Gasteiger partial charge < -0.3 is 9.88 Å². The summed E-state index contributed by atoms with van der Waals surface area (Å²) in [5, 5.41) is 22.6. The van der Waals surface area contributed by atoms with Gasteiger partial charge in [0.25, 0.3) is 5.69 Å². The number of nitrogens with one attached hydrogen (secondary N) is 1. The molecule has 0 saturated heterocycles. The first-order chi connectivity index (χ1) is 13.4. The second-order valence-corrected chi connectivity index (χ2v) is 7.16. The number of carbonyl (C=O) groups excluding carboxylic acids is 1. The monoisotopic (exact) mass is 397 g/mol. The van der Waals surface area contributed by atoms with Crippen molar-refractivity contribution in [2.75, 3.05) is 11.1 Å². The first-order valence-corrected chi connectivity index (χ1v) is 9.52. The summed E-state index contributed by atoms with van der Waals surface area (Å²) in [5.74, 6) is 0.767. The number of aryl methyl sites for hydroxylation is 1. The summed E-state index contributed by atoms with van der Waals surface area (Å²) in [6.07, 6.45) is 0.666. The summed E-state index contributed by atoms with van der Waals surface area (Å²) in [4.78, 5) is 22.6. The molecule has 0 spiro atoms. The fraction of sp³-hybridized carbons (Fsp3) is 0.211. The van der Waals surface area contributed by atoms with Gasteiger partial charge in [0.15, 0.2) is 5.16 Å². The molecule has 1 aromatic heterocycles. The molecule has 0 unspecified atom stereocenters. The van der Waals surface area contributed by atoms with E-state index in [1.807, 2.05) is 41.9 Å². The number of nitro groups is 1. The van der Waals surface area contributed by atoms with E-state index in [1.165, 1.54) is 30.0 Å². The van der Waals surface area contributed by atoms with E-state index in [0.717, 1.165) is 11.4 Å². The topological polar surface area (TPSA) is 103 Å². The number of hydrogen-bond donors (Lipinski definition) is 1. The molecule has 3 rings (SSSR count). The molecule has 1 amide bonds. The van der Waals surface area contributed by atoms with E-state index in [4.69, 9.17) is 0 Å². The maximum atomic E-state index is 12.2. The van der Waals surface area contributed by atoms with Gasteiger partial charge >= 0.3 is 0 Å². The molecule has 0 aliphatic heterocycles. The van der Waals surface area contributed by atoms with Gasteiger partial charge in [-0.3, -0.25) is 14.9 Å². The van der Waals surface area contributed by atoms with Crippen LogP contribution in [-0.4, -0.2) is 31.3 Å². The van der Waals surface area contributed by atoms with E-state index in [1.54, 1.807) is 6.92 Å². The maximum Gasteiger partial charge on any atom is 0.269 e. The molecule has 1 heterocycles. The number of thioether (sulfide) groups is 1. The zero-order valence-corrected chi connectivity index (χ0v) is 16.3. The number of nitrogens with zero attached hydrogens (tertiary/aromatic N) is 4. The van der Waals surface area contributed by atoms with Crippen LogP contribution in [0.2, 0.25) is 0 Å². The van der Waals surface area contributed by atoms with Crippen molar-refractivity contribution in [1.29, 1.82) is 0 Å². The zero-order chi connectivity index (χ0) is 20.1. The van der Waals surface area contributed by atoms with Crippen LogP contribution in [0.25, 0.3) is 0 Å². The highest BCUT2D eigenvalue weighted by molar-refractivity contribution is 7.99. The number of aromatic nitrogens is 3. The molecule has 0 saturated carbocycles. The Labute approximate surface area is 166 Å². The largest absolute Gasteiger partial charge is 0.325 e. The van der Waals surface area contributed by atoms with Crippen LogP contribution in [-0.2, 0) is 18.3 Å². The Kier molecular flexibility index (Phi) is 6.05. The molecule has 0 bridgehead atoms. The Balaban J connectivity index is 1.58. The van der Waals surface area contributed by atoms with Gasteiger partial charge in [-0.15, -0.1) is 10.2 Å². The molecule has 144 valence electrons. The van der Waals surface area contributed by atoms with Crippen LogP contribution < -0.4 is 5.32 Å². The van der Waals surface area contributed by atoms with E-state index in [9.17, 15) is 14.9 Å². The molecule has 0 aliphatic carbocycles. The average molecular weight is 397 g/mol. The van der Waals surface area contributed by atoms with Crippen LogP contribution in [0.4, 0.5) is 11.4 Å². The van der Waals surface area contributed by atoms with Crippen molar-refractivity contribution in [1.82, 2.24) is 14.8 Å². The molecule has 8 nitrogen and oxygen atoms in total.